The Labute approximate surface area is 124 Å². The van der Waals surface area contributed by atoms with E-state index in [1.165, 1.54) is 11.1 Å². The molecule has 4 heteroatoms. The van der Waals surface area contributed by atoms with Crippen molar-refractivity contribution in [3.8, 4) is 0 Å². The van der Waals surface area contributed by atoms with Crippen LogP contribution in [0.2, 0.25) is 0 Å². The van der Waals surface area contributed by atoms with E-state index in [-0.39, 0.29) is 5.56 Å². The Morgan fingerprint density at radius 1 is 1.33 bits per heavy atom. The molecule has 1 aromatic heterocycles. The highest BCUT2D eigenvalue weighted by molar-refractivity contribution is 5.88. The van der Waals surface area contributed by atoms with Gasteiger partial charge in [0.15, 0.2) is 0 Å². The molecule has 0 saturated carbocycles. The van der Waals surface area contributed by atoms with Crippen LogP contribution in [0.25, 0.3) is 0 Å². The normalized spacial score (nSPS) is 15.5. The molecule has 0 radical (unpaired) electrons. The highest BCUT2D eigenvalue weighted by Gasteiger charge is 2.18. The topological polar surface area (TPSA) is 53.7 Å². The number of carbonyl (C=O) groups is 1. The standard InChI is InChI=1S/C17H19NO3/c1-12-16(17(19)20)9-15(21-12)11-18-8-4-7-13-5-2-3-6-14(13)10-18/h2-3,5-6,9H,4,7-8,10-11H2,1H3,(H,19,20). The second kappa shape index (κ2) is 5.74. The first kappa shape index (κ1) is 13.9. The fourth-order valence-electron chi connectivity index (χ4n) is 2.96. The fraction of sp³-hybridized carbons (Fsp3) is 0.353. The van der Waals surface area contributed by atoms with Gasteiger partial charge in [-0.3, -0.25) is 4.90 Å². The minimum absolute atomic E-state index is 0.264. The van der Waals surface area contributed by atoms with E-state index < -0.39 is 5.97 Å². The van der Waals surface area contributed by atoms with Gasteiger partial charge >= 0.3 is 5.97 Å². The summed E-state index contributed by atoms with van der Waals surface area (Å²) in [5, 5.41) is 9.09. The predicted molar refractivity (Wildman–Crippen MR) is 79.3 cm³/mol. The summed E-state index contributed by atoms with van der Waals surface area (Å²) in [7, 11) is 0. The first-order valence-electron chi connectivity index (χ1n) is 7.25. The van der Waals surface area contributed by atoms with Crippen molar-refractivity contribution in [3.05, 3.63) is 58.5 Å². The lowest BCUT2D eigenvalue weighted by Crippen LogP contribution is -2.22. The summed E-state index contributed by atoms with van der Waals surface area (Å²) in [4.78, 5) is 13.4. The van der Waals surface area contributed by atoms with Crippen LogP contribution in [-0.2, 0) is 19.5 Å². The molecule has 1 N–H and O–H groups in total. The largest absolute Gasteiger partial charge is 0.478 e. The molecule has 3 rings (SSSR count). The van der Waals surface area contributed by atoms with Crippen LogP contribution in [-0.4, -0.2) is 22.5 Å². The van der Waals surface area contributed by atoms with Crippen molar-refractivity contribution in [2.45, 2.75) is 32.9 Å². The van der Waals surface area contributed by atoms with Gasteiger partial charge in [-0.2, -0.15) is 0 Å². The molecule has 1 aromatic carbocycles. The molecular formula is C17H19NO3. The van der Waals surface area contributed by atoms with E-state index in [1.54, 1.807) is 13.0 Å². The molecule has 21 heavy (non-hydrogen) atoms. The molecule has 0 saturated heterocycles. The monoisotopic (exact) mass is 285 g/mol. The van der Waals surface area contributed by atoms with Crippen molar-refractivity contribution in [1.29, 1.82) is 0 Å². The molecular weight excluding hydrogens is 266 g/mol. The van der Waals surface area contributed by atoms with Crippen molar-refractivity contribution in [3.63, 3.8) is 0 Å². The highest BCUT2D eigenvalue weighted by atomic mass is 16.4. The van der Waals surface area contributed by atoms with Crippen LogP contribution in [0.15, 0.2) is 34.7 Å². The number of hydrogen-bond donors (Lipinski definition) is 1. The van der Waals surface area contributed by atoms with Gasteiger partial charge in [-0.25, -0.2) is 4.79 Å². The quantitative estimate of drug-likeness (QED) is 0.940. The van der Waals surface area contributed by atoms with Crippen LogP contribution in [0.1, 0.15) is 39.4 Å². The van der Waals surface area contributed by atoms with Gasteiger partial charge in [0.1, 0.15) is 17.1 Å². The molecule has 1 aliphatic rings. The average Bonchev–Trinajstić information content (AvgIpc) is 2.69. The summed E-state index contributed by atoms with van der Waals surface area (Å²) in [6, 6.07) is 10.2. The van der Waals surface area contributed by atoms with Crippen LogP contribution >= 0.6 is 0 Å². The second-order valence-corrected chi connectivity index (χ2v) is 5.57. The number of aryl methyl sites for hydroxylation is 2. The molecule has 2 heterocycles. The molecule has 0 atom stereocenters. The molecule has 4 nitrogen and oxygen atoms in total. The second-order valence-electron chi connectivity index (χ2n) is 5.57. The minimum atomic E-state index is -0.927. The average molecular weight is 285 g/mol. The number of fused-ring (bicyclic) bond motifs is 1. The Bertz CT molecular complexity index is 660. The SMILES string of the molecule is Cc1oc(CN2CCCc3ccccc3C2)cc1C(=O)O. The molecule has 1 aliphatic heterocycles. The predicted octanol–water partition coefficient (Wildman–Crippen LogP) is 3.23. The zero-order chi connectivity index (χ0) is 14.8. The summed E-state index contributed by atoms with van der Waals surface area (Å²) in [5.74, 6) is 0.278. The summed E-state index contributed by atoms with van der Waals surface area (Å²) in [6.45, 7) is 4.24. The van der Waals surface area contributed by atoms with Crippen LogP contribution in [0, 0.1) is 6.92 Å². The lowest BCUT2D eigenvalue weighted by molar-refractivity contribution is 0.0695. The summed E-state index contributed by atoms with van der Waals surface area (Å²) >= 11 is 0. The minimum Gasteiger partial charge on any atom is -0.478 e. The van der Waals surface area contributed by atoms with Crippen LogP contribution in [0.4, 0.5) is 0 Å². The van der Waals surface area contributed by atoms with Gasteiger partial charge in [-0.15, -0.1) is 0 Å². The van der Waals surface area contributed by atoms with Crippen molar-refractivity contribution >= 4 is 5.97 Å². The van der Waals surface area contributed by atoms with E-state index >= 15 is 0 Å². The third-order valence-corrected chi connectivity index (χ3v) is 4.01. The number of rotatable bonds is 3. The first-order valence-corrected chi connectivity index (χ1v) is 7.25. The summed E-state index contributed by atoms with van der Waals surface area (Å²) in [5.41, 5.74) is 3.04. The maximum absolute atomic E-state index is 11.1. The maximum atomic E-state index is 11.1. The van der Waals surface area contributed by atoms with E-state index in [0.717, 1.165) is 31.7 Å². The van der Waals surface area contributed by atoms with Gasteiger partial charge in [0.2, 0.25) is 0 Å². The van der Waals surface area contributed by atoms with Crippen molar-refractivity contribution in [2.75, 3.05) is 6.54 Å². The molecule has 0 spiro atoms. The van der Waals surface area contributed by atoms with Gasteiger partial charge in [0.25, 0.3) is 0 Å². The molecule has 0 bridgehead atoms. The fourth-order valence-corrected chi connectivity index (χ4v) is 2.96. The van der Waals surface area contributed by atoms with Gasteiger partial charge < -0.3 is 9.52 Å². The van der Waals surface area contributed by atoms with Gasteiger partial charge in [-0.05, 0) is 43.5 Å². The number of carboxylic acid groups (broad SMARTS) is 1. The number of furan rings is 1. The number of carboxylic acids is 1. The van der Waals surface area contributed by atoms with Crippen molar-refractivity contribution in [2.24, 2.45) is 0 Å². The molecule has 2 aromatic rings. The maximum Gasteiger partial charge on any atom is 0.339 e. The van der Waals surface area contributed by atoms with E-state index in [4.69, 9.17) is 9.52 Å². The van der Waals surface area contributed by atoms with Gasteiger partial charge in [0.05, 0.1) is 6.54 Å². The Balaban J connectivity index is 1.76. The molecule has 0 unspecified atom stereocenters. The van der Waals surface area contributed by atoms with Gasteiger partial charge in [0, 0.05) is 6.54 Å². The van der Waals surface area contributed by atoms with E-state index in [9.17, 15) is 4.79 Å². The van der Waals surface area contributed by atoms with Crippen LogP contribution in [0.3, 0.4) is 0 Å². The third kappa shape index (κ3) is 3.00. The lowest BCUT2D eigenvalue weighted by atomic mass is 10.0. The number of nitrogens with zero attached hydrogens (tertiary/aromatic N) is 1. The Morgan fingerprint density at radius 2 is 2.10 bits per heavy atom. The molecule has 0 aliphatic carbocycles. The summed E-state index contributed by atoms with van der Waals surface area (Å²) < 4.78 is 5.58. The Kier molecular flexibility index (Phi) is 3.80. The van der Waals surface area contributed by atoms with Crippen LogP contribution < -0.4 is 0 Å². The van der Waals surface area contributed by atoms with Crippen molar-refractivity contribution in [1.82, 2.24) is 4.90 Å². The smallest absolute Gasteiger partial charge is 0.339 e. The Hall–Kier alpha value is -2.07. The lowest BCUT2D eigenvalue weighted by Gasteiger charge is -2.18. The zero-order valence-corrected chi connectivity index (χ0v) is 12.1. The number of aromatic carboxylic acids is 1. The number of benzene rings is 1. The first-order chi connectivity index (χ1) is 10.1. The van der Waals surface area contributed by atoms with Crippen molar-refractivity contribution < 1.29 is 14.3 Å². The molecule has 0 fully saturated rings. The van der Waals surface area contributed by atoms with Gasteiger partial charge in [-0.1, -0.05) is 24.3 Å². The van der Waals surface area contributed by atoms with E-state index in [1.807, 2.05) is 0 Å². The van der Waals surface area contributed by atoms with E-state index in [0.29, 0.717) is 12.3 Å². The summed E-state index contributed by atoms with van der Waals surface area (Å²) in [6.07, 6.45) is 2.22. The third-order valence-electron chi connectivity index (χ3n) is 4.01. The van der Waals surface area contributed by atoms with Crippen LogP contribution in [0.5, 0.6) is 0 Å². The Morgan fingerprint density at radius 3 is 2.81 bits per heavy atom. The number of hydrogen-bond acceptors (Lipinski definition) is 3. The zero-order valence-electron chi connectivity index (χ0n) is 12.1. The molecule has 110 valence electrons. The van der Waals surface area contributed by atoms with E-state index in [2.05, 4.69) is 29.2 Å². The molecule has 0 amide bonds. The highest BCUT2D eigenvalue weighted by Crippen LogP contribution is 2.22.